The molecule has 0 aromatic rings. The van der Waals surface area contributed by atoms with Gasteiger partial charge in [0.2, 0.25) is 0 Å². The normalized spacial score (nSPS) is 15.1. The molecule has 0 radical (unpaired) electrons. The van der Waals surface area contributed by atoms with Gasteiger partial charge in [-0.3, -0.25) is 4.79 Å². The van der Waals surface area contributed by atoms with Crippen LogP contribution in [-0.4, -0.2) is 50.2 Å². The van der Waals surface area contributed by atoms with Crippen LogP contribution in [0.4, 0.5) is 0 Å². The molecule has 29 heavy (non-hydrogen) atoms. The molecular formula is C25H50N2O2. The minimum atomic E-state index is -0.00761. The van der Waals surface area contributed by atoms with E-state index in [0.29, 0.717) is 13.0 Å². The van der Waals surface area contributed by atoms with Crippen molar-refractivity contribution >= 4 is 5.97 Å². The summed E-state index contributed by atoms with van der Waals surface area (Å²) >= 11 is 0. The Morgan fingerprint density at radius 3 is 2.17 bits per heavy atom. The Kier molecular flexibility index (Phi) is 17.6. The topological polar surface area (TPSA) is 41.6 Å². The molecule has 0 spiro atoms. The Morgan fingerprint density at radius 2 is 1.45 bits per heavy atom. The second-order valence-electron chi connectivity index (χ2n) is 8.98. The Morgan fingerprint density at radius 1 is 0.828 bits per heavy atom. The molecule has 4 nitrogen and oxygen atoms in total. The summed E-state index contributed by atoms with van der Waals surface area (Å²) in [6.45, 7) is 10.9. The van der Waals surface area contributed by atoms with Crippen LogP contribution in [0, 0.1) is 5.92 Å². The first-order valence-electron chi connectivity index (χ1n) is 12.8. The first-order valence-corrected chi connectivity index (χ1v) is 12.8. The van der Waals surface area contributed by atoms with Crippen molar-refractivity contribution in [3.05, 3.63) is 0 Å². The molecule has 0 bridgehead atoms. The van der Waals surface area contributed by atoms with E-state index in [0.717, 1.165) is 38.1 Å². The van der Waals surface area contributed by atoms with Crippen LogP contribution < -0.4 is 5.32 Å². The van der Waals surface area contributed by atoms with Gasteiger partial charge in [0, 0.05) is 13.0 Å². The van der Waals surface area contributed by atoms with Gasteiger partial charge >= 0.3 is 5.97 Å². The van der Waals surface area contributed by atoms with Gasteiger partial charge in [0.25, 0.3) is 0 Å². The minimum absolute atomic E-state index is 0.00761. The third kappa shape index (κ3) is 15.8. The average molecular weight is 411 g/mol. The summed E-state index contributed by atoms with van der Waals surface area (Å²) in [5.74, 6) is 0.885. The molecule has 0 atom stereocenters. The number of piperidine rings is 1. The maximum atomic E-state index is 11.8. The van der Waals surface area contributed by atoms with Gasteiger partial charge in [-0.1, -0.05) is 65.2 Å². The first-order chi connectivity index (χ1) is 14.3. The number of hydrogen-bond donors (Lipinski definition) is 1. The smallest absolute Gasteiger partial charge is 0.305 e. The van der Waals surface area contributed by atoms with Gasteiger partial charge in [0.15, 0.2) is 0 Å². The molecular weight excluding hydrogens is 360 g/mol. The fourth-order valence-electron chi connectivity index (χ4n) is 4.23. The number of carbonyl (C=O) groups is 1. The molecule has 0 aliphatic carbocycles. The van der Waals surface area contributed by atoms with E-state index in [2.05, 4.69) is 24.1 Å². The number of carbonyl (C=O) groups excluding carboxylic acids is 1. The molecule has 172 valence electrons. The molecule has 1 saturated heterocycles. The summed E-state index contributed by atoms with van der Waals surface area (Å²) in [6.07, 6.45) is 18.4. The van der Waals surface area contributed by atoms with E-state index in [-0.39, 0.29) is 5.97 Å². The number of unbranched alkanes of at least 4 members (excludes halogenated alkanes) is 8. The highest BCUT2D eigenvalue weighted by Crippen LogP contribution is 2.17. The zero-order valence-corrected chi connectivity index (χ0v) is 19.7. The molecule has 4 heteroatoms. The molecule has 0 aromatic carbocycles. The van der Waals surface area contributed by atoms with Gasteiger partial charge in [-0.05, 0) is 70.6 Å². The van der Waals surface area contributed by atoms with E-state index in [9.17, 15) is 4.79 Å². The van der Waals surface area contributed by atoms with Crippen LogP contribution >= 0.6 is 0 Å². The highest BCUT2D eigenvalue weighted by atomic mass is 16.5. The molecule has 1 fully saturated rings. The van der Waals surface area contributed by atoms with Crippen LogP contribution in [0.1, 0.15) is 110 Å². The van der Waals surface area contributed by atoms with Crippen LogP contribution in [0.5, 0.6) is 0 Å². The molecule has 1 N–H and O–H groups in total. The molecule has 1 heterocycles. The van der Waals surface area contributed by atoms with Crippen LogP contribution in [0.3, 0.4) is 0 Å². The van der Waals surface area contributed by atoms with Gasteiger partial charge in [-0.15, -0.1) is 0 Å². The zero-order chi connectivity index (χ0) is 21.0. The number of ether oxygens (including phenoxy) is 1. The summed E-state index contributed by atoms with van der Waals surface area (Å²) in [5, 5.41) is 3.47. The summed E-state index contributed by atoms with van der Waals surface area (Å²) in [4.78, 5) is 14.4. The minimum Gasteiger partial charge on any atom is -0.466 e. The summed E-state index contributed by atoms with van der Waals surface area (Å²) < 4.78 is 5.44. The van der Waals surface area contributed by atoms with Crippen LogP contribution in [0.2, 0.25) is 0 Å². The van der Waals surface area contributed by atoms with Gasteiger partial charge in [0.1, 0.15) is 0 Å². The van der Waals surface area contributed by atoms with Crippen LogP contribution in [-0.2, 0) is 9.53 Å². The van der Waals surface area contributed by atoms with Crippen molar-refractivity contribution < 1.29 is 9.53 Å². The molecule has 1 aliphatic rings. The van der Waals surface area contributed by atoms with Crippen molar-refractivity contribution in [2.75, 3.05) is 39.3 Å². The van der Waals surface area contributed by atoms with E-state index in [1.807, 2.05) is 0 Å². The molecule has 0 unspecified atom stereocenters. The second kappa shape index (κ2) is 19.4. The molecule has 0 amide bonds. The highest BCUT2D eigenvalue weighted by molar-refractivity contribution is 5.69. The Balaban J connectivity index is 2.19. The van der Waals surface area contributed by atoms with E-state index in [1.165, 1.54) is 90.4 Å². The third-order valence-electron chi connectivity index (χ3n) is 6.26. The largest absolute Gasteiger partial charge is 0.466 e. The Labute approximate surface area is 181 Å². The lowest BCUT2D eigenvalue weighted by molar-refractivity contribution is -0.143. The van der Waals surface area contributed by atoms with Crippen LogP contribution in [0.15, 0.2) is 0 Å². The summed E-state index contributed by atoms with van der Waals surface area (Å²) in [7, 11) is 0. The lowest BCUT2D eigenvalue weighted by Crippen LogP contribution is -2.33. The first kappa shape index (κ1) is 26.4. The maximum Gasteiger partial charge on any atom is 0.305 e. The molecule has 1 rings (SSSR count). The van der Waals surface area contributed by atoms with E-state index in [4.69, 9.17) is 4.74 Å². The van der Waals surface area contributed by atoms with Gasteiger partial charge in [-0.2, -0.15) is 0 Å². The lowest BCUT2D eigenvalue weighted by atomic mass is 9.94. The Hall–Kier alpha value is -0.610. The van der Waals surface area contributed by atoms with E-state index in [1.54, 1.807) is 0 Å². The van der Waals surface area contributed by atoms with Crippen molar-refractivity contribution in [3.63, 3.8) is 0 Å². The lowest BCUT2D eigenvalue weighted by Gasteiger charge is -2.27. The predicted octanol–water partition coefficient (Wildman–Crippen LogP) is 5.94. The number of rotatable bonds is 19. The summed E-state index contributed by atoms with van der Waals surface area (Å²) in [6, 6.07) is 0. The van der Waals surface area contributed by atoms with Crippen LogP contribution in [0.25, 0.3) is 0 Å². The fraction of sp³-hybridized carbons (Fsp3) is 0.960. The number of hydrogen-bond acceptors (Lipinski definition) is 4. The number of esters is 1. The van der Waals surface area contributed by atoms with Gasteiger partial charge < -0.3 is 15.0 Å². The van der Waals surface area contributed by atoms with Crippen molar-refractivity contribution in [3.8, 4) is 0 Å². The zero-order valence-electron chi connectivity index (χ0n) is 19.7. The third-order valence-corrected chi connectivity index (χ3v) is 6.26. The summed E-state index contributed by atoms with van der Waals surface area (Å²) in [5.41, 5.74) is 0. The average Bonchev–Trinajstić information content (AvgIpc) is 2.74. The Bertz CT molecular complexity index is 370. The second-order valence-corrected chi connectivity index (χ2v) is 8.98. The van der Waals surface area contributed by atoms with E-state index >= 15 is 0 Å². The quantitative estimate of drug-likeness (QED) is 0.211. The van der Waals surface area contributed by atoms with Crippen molar-refractivity contribution in [1.29, 1.82) is 0 Å². The van der Waals surface area contributed by atoms with E-state index < -0.39 is 0 Å². The monoisotopic (exact) mass is 410 g/mol. The SMILES string of the molecule is CCCCCCCCCN(CCCOC(=O)CCCCC)CCC1CCNCC1. The maximum absolute atomic E-state index is 11.8. The highest BCUT2D eigenvalue weighted by Gasteiger charge is 2.15. The van der Waals surface area contributed by atoms with Crippen molar-refractivity contribution in [1.82, 2.24) is 10.2 Å². The van der Waals surface area contributed by atoms with Gasteiger partial charge in [0.05, 0.1) is 6.61 Å². The van der Waals surface area contributed by atoms with Gasteiger partial charge in [-0.25, -0.2) is 0 Å². The standard InChI is InChI=1S/C25H50N2O2/c1-3-5-7-8-9-10-12-20-27(22-17-24-15-18-26-19-16-24)21-13-23-29-25(28)14-11-6-4-2/h24,26H,3-23H2,1-2H3. The molecule has 0 aromatic heterocycles. The van der Waals surface area contributed by atoms with Crippen molar-refractivity contribution in [2.45, 2.75) is 110 Å². The number of nitrogens with one attached hydrogen (secondary N) is 1. The number of nitrogens with zero attached hydrogens (tertiary/aromatic N) is 1. The van der Waals surface area contributed by atoms with Crippen molar-refractivity contribution in [2.24, 2.45) is 5.92 Å². The molecule has 1 aliphatic heterocycles. The molecule has 0 saturated carbocycles. The predicted molar refractivity (Wildman–Crippen MR) is 124 cm³/mol. The fourth-order valence-corrected chi connectivity index (χ4v) is 4.23.